The summed E-state index contributed by atoms with van der Waals surface area (Å²) in [5.74, 6) is 0.437. The molecule has 3 aliphatic rings. The molecule has 0 radical (unpaired) electrons. The van der Waals surface area contributed by atoms with E-state index in [1.54, 1.807) is 13.0 Å². The molecule has 6 heteroatoms. The van der Waals surface area contributed by atoms with Crippen LogP contribution in [0, 0.1) is 0 Å². The van der Waals surface area contributed by atoms with E-state index in [1.165, 1.54) is 27.8 Å². The first kappa shape index (κ1) is 21.9. The van der Waals surface area contributed by atoms with E-state index in [9.17, 15) is 9.90 Å². The second kappa shape index (κ2) is 9.35. The van der Waals surface area contributed by atoms with Crippen LogP contribution < -0.4 is 5.32 Å². The van der Waals surface area contributed by atoms with E-state index in [0.717, 1.165) is 47.7 Å². The van der Waals surface area contributed by atoms with E-state index in [4.69, 9.17) is 0 Å². The minimum absolute atomic E-state index is 0.142. The third-order valence-corrected chi connectivity index (χ3v) is 7.08. The third kappa shape index (κ3) is 4.38. The normalized spacial score (nSPS) is 20.8. The summed E-state index contributed by atoms with van der Waals surface area (Å²) < 4.78 is 1.85. The molecule has 1 atom stereocenters. The van der Waals surface area contributed by atoms with E-state index in [-0.39, 0.29) is 17.7 Å². The lowest BCUT2D eigenvalue weighted by Gasteiger charge is -2.33. The Morgan fingerprint density at radius 1 is 1.17 bits per heavy atom. The minimum atomic E-state index is 0.142. The molecule has 0 spiro atoms. The summed E-state index contributed by atoms with van der Waals surface area (Å²) in [5.41, 5.74) is 6.44. The van der Waals surface area contributed by atoms with Crippen LogP contribution in [0.15, 0.2) is 57.7 Å². The number of nitrogens with one attached hydrogen (secondary N) is 1. The van der Waals surface area contributed by atoms with Crippen molar-refractivity contribution >= 4 is 43.3 Å². The van der Waals surface area contributed by atoms with Gasteiger partial charge in [-0.25, -0.2) is 0 Å². The fourth-order valence-electron chi connectivity index (χ4n) is 4.34. The quantitative estimate of drug-likeness (QED) is 0.447. The molecule has 0 saturated carbocycles. The number of fused-ring (bicyclic) bond motifs is 2. The summed E-state index contributed by atoms with van der Waals surface area (Å²) in [6.45, 7) is 9.19. The number of carbonyl (C=O) groups is 1. The molecule has 0 aromatic heterocycles. The lowest BCUT2D eigenvalue weighted by molar-refractivity contribution is -0.129. The first-order valence-electron chi connectivity index (χ1n) is 9.76. The predicted molar refractivity (Wildman–Crippen MR) is 126 cm³/mol. The van der Waals surface area contributed by atoms with Crippen LogP contribution in [0.4, 0.5) is 0 Å². The van der Waals surface area contributed by atoms with Crippen LogP contribution in [0.3, 0.4) is 0 Å². The van der Waals surface area contributed by atoms with Gasteiger partial charge in [0.25, 0.3) is 0 Å². The summed E-state index contributed by atoms with van der Waals surface area (Å²) in [6, 6.07) is 3.97. The second-order valence-corrected chi connectivity index (χ2v) is 9.00. The van der Waals surface area contributed by atoms with Gasteiger partial charge in [-0.3, -0.25) is 4.79 Å². The summed E-state index contributed by atoms with van der Waals surface area (Å²) in [7, 11) is 0. The number of allylic oxidation sites excluding steroid dienone is 2. The molecule has 154 valence electrons. The monoisotopic (exact) mass is 520 g/mol. The Bertz CT molecular complexity index is 908. The van der Waals surface area contributed by atoms with Crippen molar-refractivity contribution in [3.63, 3.8) is 0 Å². The van der Waals surface area contributed by atoms with Gasteiger partial charge in [-0.15, -0.1) is 13.2 Å². The number of halogens is 2. The second-order valence-electron chi connectivity index (χ2n) is 7.30. The summed E-state index contributed by atoms with van der Waals surface area (Å²) in [6.07, 6.45) is 7.83. The molecule has 2 aliphatic heterocycles. The molecule has 4 nitrogen and oxygen atoms in total. The zero-order valence-corrected chi connectivity index (χ0v) is 19.8. The number of phenols is 1. The molecule has 29 heavy (non-hydrogen) atoms. The maximum Gasteiger partial charge on any atom is 0.219 e. The maximum absolute atomic E-state index is 11.7. The number of dihydropyridines is 1. The van der Waals surface area contributed by atoms with Gasteiger partial charge in [-0.1, -0.05) is 11.6 Å². The highest BCUT2D eigenvalue weighted by molar-refractivity contribution is 9.12. The van der Waals surface area contributed by atoms with Gasteiger partial charge in [0.1, 0.15) is 5.75 Å². The van der Waals surface area contributed by atoms with Gasteiger partial charge in [-0.05, 0) is 92.0 Å². The number of hydrogen-bond donors (Lipinski definition) is 2. The summed E-state index contributed by atoms with van der Waals surface area (Å²) in [5, 5.41) is 13.8. The van der Waals surface area contributed by atoms with Crippen LogP contribution in [0.25, 0.3) is 5.57 Å². The molecular formula is C23H26Br2N2O2. The average Bonchev–Trinajstić information content (AvgIpc) is 2.89. The number of phenolic OH excluding ortho intramolecular Hbond substituents is 1. The standard InChI is InChI=1S/C21H22Br2N2O2.C2H4/c1-12(26)25-8-6-13(7-9-25)19-16-4-5-18(27)20(23)17(16)3-2-14-10-15(22)11-24-21(14)19;1-2/h4-5,10-11,21,24,27H,2-3,6-9H2,1H3;1-2H2. The van der Waals surface area contributed by atoms with Gasteiger partial charge in [0, 0.05) is 30.7 Å². The molecule has 1 aromatic carbocycles. The molecule has 1 aromatic rings. The van der Waals surface area contributed by atoms with Crippen LogP contribution in [0.2, 0.25) is 0 Å². The van der Waals surface area contributed by atoms with Crippen LogP contribution in [0.5, 0.6) is 5.75 Å². The van der Waals surface area contributed by atoms with E-state index in [2.05, 4.69) is 56.4 Å². The molecule has 1 aliphatic carbocycles. The van der Waals surface area contributed by atoms with Crippen molar-refractivity contribution in [1.29, 1.82) is 0 Å². The van der Waals surface area contributed by atoms with Crippen LogP contribution >= 0.6 is 31.9 Å². The number of nitrogens with zero attached hydrogens (tertiary/aromatic N) is 1. The Balaban J connectivity index is 0.00000117. The number of likely N-dealkylation sites (tertiary alicyclic amines) is 1. The fraction of sp³-hybridized carbons (Fsp3) is 0.348. The lowest BCUT2D eigenvalue weighted by atomic mass is 9.85. The van der Waals surface area contributed by atoms with Crippen LogP contribution in [-0.2, 0) is 11.2 Å². The SMILES string of the molecule is C=C.CC(=O)N1CCC(=C2c3ccc(O)c(Br)c3CCC3=CC(Br)=CNC32)CC1. The third-order valence-electron chi connectivity index (χ3n) is 5.74. The van der Waals surface area contributed by atoms with Gasteiger partial charge < -0.3 is 15.3 Å². The highest BCUT2D eigenvalue weighted by atomic mass is 79.9. The molecule has 4 rings (SSSR count). The number of benzene rings is 1. The van der Waals surface area contributed by atoms with Crippen molar-refractivity contribution < 1.29 is 9.90 Å². The van der Waals surface area contributed by atoms with Crippen molar-refractivity contribution in [2.45, 2.75) is 38.6 Å². The Morgan fingerprint density at radius 3 is 2.52 bits per heavy atom. The Kier molecular flexibility index (Phi) is 7.06. The van der Waals surface area contributed by atoms with Gasteiger partial charge in [0.2, 0.25) is 5.91 Å². The van der Waals surface area contributed by atoms with E-state index < -0.39 is 0 Å². The Labute approximate surface area is 189 Å². The predicted octanol–water partition coefficient (Wildman–Crippen LogP) is 5.43. The van der Waals surface area contributed by atoms with Gasteiger partial charge in [0.05, 0.1) is 10.5 Å². The molecular weight excluding hydrogens is 496 g/mol. The first-order chi connectivity index (χ1) is 14.0. The molecule has 1 unspecified atom stereocenters. The van der Waals surface area contributed by atoms with Gasteiger partial charge >= 0.3 is 0 Å². The highest BCUT2D eigenvalue weighted by Crippen LogP contribution is 2.43. The van der Waals surface area contributed by atoms with Gasteiger partial charge in [-0.2, -0.15) is 0 Å². The zero-order valence-electron chi connectivity index (χ0n) is 16.6. The van der Waals surface area contributed by atoms with E-state index >= 15 is 0 Å². The molecule has 1 fully saturated rings. The molecule has 2 N–H and O–H groups in total. The molecule has 1 saturated heterocycles. The number of carbonyl (C=O) groups excluding carboxylic acids is 1. The summed E-state index contributed by atoms with van der Waals surface area (Å²) in [4.78, 5) is 13.6. The van der Waals surface area contributed by atoms with Crippen molar-refractivity contribution in [3.8, 4) is 5.75 Å². The van der Waals surface area contributed by atoms with Crippen molar-refractivity contribution in [2.24, 2.45) is 0 Å². The van der Waals surface area contributed by atoms with E-state index in [1.807, 2.05) is 17.2 Å². The van der Waals surface area contributed by atoms with Crippen LogP contribution in [-0.4, -0.2) is 35.0 Å². The molecule has 2 heterocycles. The number of rotatable bonds is 0. The van der Waals surface area contributed by atoms with Crippen molar-refractivity contribution in [1.82, 2.24) is 10.2 Å². The van der Waals surface area contributed by atoms with Crippen molar-refractivity contribution in [2.75, 3.05) is 13.1 Å². The van der Waals surface area contributed by atoms with E-state index in [0.29, 0.717) is 0 Å². The maximum atomic E-state index is 11.7. The number of hydrogen-bond acceptors (Lipinski definition) is 3. The Morgan fingerprint density at radius 2 is 1.86 bits per heavy atom. The minimum Gasteiger partial charge on any atom is -0.507 e. The van der Waals surface area contributed by atoms with Crippen molar-refractivity contribution in [3.05, 3.63) is 68.8 Å². The largest absolute Gasteiger partial charge is 0.507 e. The fourth-order valence-corrected chi connectivity index (χ4v) is 5.31. The smallest absolute Gasteiger partial charge is 0.219 e. The molecule has 0 bridgehead atoms. The highest BCUT2D eigenvalue weighted by Gasteiger charge is 2.32. The number of amides is 1. The zero-order chi connectivity index (χ0) is 21.1. The number of aromatic hydroxyl groups is 1. The summed E-state index contributed by atoms with van der Waals surface area (Å²) >= 11 is 7.19. The lowest BCUT2D eigenvalue weighted by Crippen LogP contribution is -2.36. The first-order valence-corrected chi connectivity index (χ1v) is 11.3. The van der Waals surface area contributed by atoms with Gasteiger partial charge in [0.15, 0.2) is 0 Å². The average molecular weight is 522 g/mol. The van der Waals surface area contributed by atoms with Crippen LogP contribution in [0.1, 0.15) is 37.3 Å². The Hall–Kier alpha value is -1.79. The topological polar surface area (TPSA) is 52.6 Å². The molecule has 1 amide bonds. The number of piperidine rings is 1.